The van der Waals surface area contributed by atoms with Crippen molar-refractivity contribution >= 4 is 23.1 Å². The smallest absolute Gasteiger partial charge is 0.103 e. The Bertz CT molecular complexity index is 406. The van der Waals surface area contributed by atoms with E-state index >= 15 is 0 Å². The summed E-state index contributed by atoms with van der Waals surface area (Å²) in [5.74, 6) is 3.08. The van der Waals surface area contributed by atoms with E-state index in [1.165, 1.54) is 59.9 Å². The average molecular weight is 297 g/mol. The van der Waals surface area contributed by atoms with Crippen molar-refractivity contribution in [2.45, 2.75) is 69.7 Å². The van der Waals surface area contributed by atoms with Crippen molar-refractivity contribution in [3.05, 3.63) is 15.6 Å². The predicted molar refractivity (Wildman–Crippen MR) is 85.0 cm³/mol. The lowest BCUT2D eigenvalue weighted by Crippen LogP contribution is -2.25. The van der Waals surface area contributed by atoms with E-state index in [1.807, 2.05) is 23.1 Å². The highest BCUT2D eigenvalue weighted by Crippen LogP contribution is 2.43. The zero-order chi connectivity index (χ0) is 13.1. The quantitative estimate of drug-likeness (QED) is 0.812. The van der Waals surface area contributed by atoms with E-state index < -0.39 is 0 Å². The third-order valence-electron chi connectivity index (χ3n) is 4.07. The van der Waals surface area contributed by atoms with Crippen molar-refractivity contribution in [2.75, 3.05) is 5.75 Å². The molecule has 0 bridgehead atoms. The second kappa shape index (κ2) is 6.59. The second-order valence-corrected chi connectivity index (χ2v) is 8.13. The number of thioether (sulfide) groups is 1. The van der Waals surface area contributed by atoms with Crippen molar-refractivity contribution in [3.8, 4) is 0 Å². The fraction of sp³-hybridized carbons (Fsp3) is 0.800. The van der Waals surface area contributed by atoms with Gasteiger partial charge in [-0.15, -0.1) is 11.3 Å². The molecule has 19 heavy (non-hydrogen) atoms. The Kier molecular flexibility index (Phi) is 4.83. The van der Waals surface area contributed by atoms with Gasteiger partial charge in [-0.3, -0.25) is 0 Å². The largest absolute Gasteiger partial charge is 0.309 e. The molecule has 2 aliphatic carbocycles. The number of thiazole rings is 1. The van der Waals surface area contributed by atoms with Gasteiger partial charge in [-0.05, 0) is 31.4 Å². The zero-order valence-electron chi connectivity index (χ0n) is 11.8. The molecular formula is C15H24N2S2. The fourth-order valence-corrected chi connectivity index (χ4v) is 4.66. The Morgan fingerprint density at radius 1 is 1.26 bits per heavy atom. The van der Waals surface area contributed by atoms with Gasteiger partial charge in [0.2, 0.25) is 0 Å². The first-order chi connectivity index (χ1) is 9.36. The molecule has 2 fully saturated rings. The van der Waals surface area contributed by atoms with Crippen LogP contribution in [-0.4, -0.2) is 16.8 Å². The van der Waals surface area contributed by atoms with Gasteiger partial charge in [0.15, 0.2) is 0 Å². The van der Waals surface area contributed by atoms with Crippen molar-refractivity contribution in [3.63, 3.8) is 0 Å². The second-order valence-electron chi connectivity index (χ2n) is 5.69. The summed E-state index contributed by atoms with van der Waals surface area (Å²) in [4.78, 5) is 6.44. The molecule has 3 rings (SSSR count). The number of hydrogen-bond donors (Lipinski definition) is 1. The summed E-state index contributed by atoms with van der Waals surface area (Å²) in [5, 5.41) is 5.10. The molecule has 0 spiro atoms. The van der Waals surface area contributed by atoms with Gasteiger partial charge in [-0.1, -0.05) is 19.8 Å². The van der Waals surface area contributed by atoms with Gasteiger partial charge in [0.1, 0.15) is 5.01 Å². The lowest BCUT2D eigenvalue weighted by atomic mass is 10.2. The number of rotatable bonds is 7. The maximum Gasteiger partial charge on any atom is 0.103 e. The van der Waals surface area contributed by atoms with Crippen molar-refractivity contribution in [2.24, 2.45) is 0 Å². The SMILES string of the molecule is CCSCc1nc(C2CC2)c(CNC2CCCC2)s1. The lowest BCUT2D eigenvalue weighted by molar-refractivity contribution is 0.525. The Labute approximate surface area is 124 Å². The summed E-state index contributed by atoms with van der Waals surface area (Å²) < 4.78 is 0. The average Bonchev–Trinajstić information content (AvgIpc) is 2.99. The summed E-state index contributed by atoms with van der Waals surface area (Å²) in [6, 6.07) is 0.766. The predicted octanol–water partition coefficient (Wildman–Crippen LogP) is 4.31. The van der Waals surface area contributed by atoms with E-state index in [-0.39, 0.29) is 0 Å². The molecule has 4 heteroatoms. The van der Waals surface area contributed by atoms with Crippen LogP contribution in [0.2, 0.25) is 0 Å². The zero-order valence-corrected chi connectivity index (χ0v) is 13.4. The monoisotopic (exact) mass is 296 g/mol. The van der Waals surface area contributed by atoms with Crippen LogP contribution < -0.4 is 5.32 Å². The lowest BCUT2D eigenvalue weighted by Gasteiger charge is -2.11. The standard InChI is InChI=1S/C15H24N2S2/c1-2-18-10-14-17-15(11-7-8-11)13(19-14)9-16-12-5-3-4-6-12/h11-12,16H,2-10H2,1H3. The minimum absolute atomic E-state index is 0.766. The summed E-state index contributed by atoms with van der Waals surface area (Å²) in [7, 11) is 0. The number of hydrogen-bond acceptors (Lipinski definition) is 4. The van der Waals surface area contributed by atoms with Gasteiger partial charge in [-0.2, -0.15) is 11.8 Å². The Morgan fingerprint density at radius 2 is 2.05 bits per heavy atom. The van der Waals surface area contributed by atoms with Gasteiger partial charge in [0.25, 0.3) is 0 Å². The Morgan fingerprint density at radius 3 is 2.74 bits per heavy atom. The Balaban J connectivity index is 1.62. The molecule has 0 aromatic carbocycles. The molecular weight excluding hydrogens is 272 g/mol. The first-order valence-corrected chi connectivity index (χ1v) is 9.63. The van der Waals surface area contributed by atoms with Crippen LogP contribution in [0.25, 0.3) is 0 Å². The van der Waals surface area contributed by atoms with Gasteiger partial charge in [0, 0.05) is 29.1 Å². The topological polar surface area (TPSA) is 24.9 Å². The fourth-order valence-electron chi connectivity index (χ4n) is 2.83. The molecule has 0 atom stereocenters. The minimum Gasteiger partial charge on any atom is -0.309 e. The van der Waals surface area contributed by atoms with Crippen molar-refractivity contribution < 1.29 is 0 Å². The van der Waals surface area contributed by atoms with Crippen LogP contribution in [-0.2, 0) is 12.3 Å². The van der Waals surface area contributed by atoms with E-state index in [1.54, 1.807) is 0 Å². The number of aromatic nitrogens is 1. The molecule has 0 amide bonds. The van der Waals surface area contributed by atoms with Crippen molar-refractivity contribution in [1.82, 2.24) is 10.3 Å². The van der Waals surface area contributed by atoms with Crippen LogP contribution in [0.1, 0.15) is 66.9 Å². The summed E-state index contributed by atoms with van der Waals surface area (Å²) in [5.41, 5.74) is 1.43. The maximum atomic E-state index is 4.91. The molecule has 0 aliphatic heterocycles. The molecule has 0 saturated heterocycles. The van der Waals surface area contributed by atoms with E-state index in [9.17, 15) is 0 Å². The molecule has 2 saturated carbocycles. The summed E-state index contributed by atoms with van der Waals surface area (Å²) in [6.07, 6.45) is 8.29. The molecule has 0 unspecified atom stereocenters. The maximum absolute atomic E-state index is 4.91. The van der Waals surface area contributed by atoms with Gasteiger partial charge in [-0.25, -0.2) is 4.98 Å². The molecule has 1 N–H and O–H groups in total. The summed E-state index contributed by atoms with van der Waals surface area (Å²) >= 11 is 3.94. The third kappa shape index (κ3) is 3.73. The number of nitrogens with zero attached hydrogens (tertiary/aromatic N) is 1. The van der Waals surface area contributed by atoms with Crippen LogP contribution in [0.5, 0.6) is 0 Å². The first-order valence-electron chi connectivity index (χ1n) is 7.66. The molecule has 2 aliphatic rings. The molecule has 2 nitrogen and oxygen atoms in total. The highest BCUT2D eigenvalue weighted by molar-refractivity contribution is 7.98. The van der Waals surface area contributed by atoms with Gasteiger partial charge < -0.3 is 5.32 Å². The summed E-state index contributed by atoms with van der Waals surface area (Å²) in [6.45, 7) is 3.29. The van der Waals surface area contributed by atoms with Crippen LogP contribution in [0.3, 0.4) is 0 Å². The van der Waals surface area contributed by atoms with E-state index in [0.717, 1.165) is 24.3 Å². The molecule has 1 heterocycles. The van der Waals surface area contributed by atoms with Gasteiger partial charge >= 0.3 is 0 Å². The van der Waals surface area contributed by atoms with Crippen LogP contribution in [0, 0.1) is 0 Å². The van der Waals surface area contributed by atoms with E-state index in [2.05, 4.69) is 12.2 Å². The van der Waals surface area contributed by atoms with Crippen LogP contribution in [0.15, 0.2) is 0 Å². The van der Waals surface area contributed by atoms with Crippen molar-refractivity contribution in [1.29, 1.82) is 0 Å². The first kappa shape index (κ1) is 13.9. The number of nitrogens with one attached hydrogen (secondary N) is 1. The van der Waals surface area contributed by atoms with Crippen LogP contribution >= 0.6 is 23.1 Å². The molecule has 0 radical (unpaired) electrons. The molecule has 1 aromatic rings. The van der Waals surface area contributed by atoms with E-state index in [4.69, 9.17) is 4.98 Å². The normalized spacial score (nSPS) is 20.3. The Hall–Kier alpha value is -0.0600. The highest BCUT2D eigenvalue weighted by Gasteiger charge is 2.29. The molecule has 1 aromatic heterocycles. The minimum atomic E-state index is 0.766. The third-order valence-corrected chi connectivity index (χ3v) is 6.21. The van der Waals surface area contributed by atoms with Crippen LogP contribution in [0.4, 0.5) is 0 Å². The van der Waals surface area contributed by atoms with Gasteiger partial charge in [0.05, 0.1) is 5.69 Å². The molecule has 106 valence electrons. The van der Waals surface area contributed by atoms with E-state index in [0.29, 0.717) is 0 Å². The highest BCUT2D eigenvalue weighted by atomic mass is 32.2.